The normalized spacial score (nSPS) is 16.1. The maximum absolute atomic E-state index is 13.3. The number of rotatable bonds is 9. The predicted octanol–water partition coefficient (Wildman–Crippen LogP) is 6.22. The lowest BCUT2D eigenvalue weighted by Crippen LogP contribution is -2.55. The average Bonchev–Trinajstić information content (AvgIpc) is 3.44. The number of piperazine rings is 1. The Kier molecular flexibility index (Phi) is 11.4. The van der Waals surface area contributed by atoms with Gasteiger partial charge in [-0.15, -0.1) is 0 Å². The van der Waals surface area contributed by atoms with Crippen LogP contribution in [0.4, 0.5) is 10.6 Å². The van der Waals surface area contributed by atoms with Gasteiger partial charge >= 0.3 is 12.1 Å². The number of halogens is 1. The van der Waals surface area contributed by atoms with Gasteiger partial charge in [0.2, 0.25) is 0 Å². The number of hydrogen-bond acceptors (Lipinski definition) is 8. The number of ether oxygens (including phenoxy) is 3. The molecule has 0 radical (unpaired) electrons. The highest BCUT2D eigenvalue weighted by Crippen LogP contribution is 2.32. The van der Waals surface area contributed by atoms with Gasteiger partial charge in [-0.25, -0.2) is 9.59 Å². The second-order valence-electron chi connectivity index (χ2n) is 12.6. The zero-order chi connectivity index (χ0) is 33.8. The van der Waals surface area contributed by atoms with E-state index in [9.17, 15) is 14.4 Å². The summed E-state index contributed by atoms with van der Waals surface area (Å²) < 4.78 is 20.2. The van der Waals surface area contributed by atoms with Crippen LogP contribution in [0.5, 0.6) is 5.75 Å². The number of nitrogens with zero attached hydrogens (tertiary/aromatic N) is 4. The smallest absolute Gasteiger partial charge is 0.410 e. The number of amides is 2. The zero-order valence-electron chi connectivity index (χ0n) is 27.8. The Morgan fingerprint density at radius 1 is 1.07 bits per heavy atom. The van der Waals surface area contributed by atoms with Crippen LogP contribution in [0.1, 0.15) is 78.1 Å². The van der Waals surface area contributed by atoms with Gasteiger partial charge in [0.05, 0.1) is 7.11 Å². The van der Waals surface area contributed by atoms with Gasteiger partial charge in [-0.2, -0.15) is 5.10 Å². The van der Waals surface area contributed by atoms with E-state index in [-0.39, 0.29) is 17.7 Å². The van der Waals surface area contributed by atoms with E-state index >= 15 is 0 Å². The third-order valence-corrected chi connectivity index (χ3v) is 8.95. The summed E-state index contributed by atoms with van der Waals surface area (Å²) in [6.07, 6.45) is 1.00. The van der Waals surface area contributed by atoms with E-state index in [2.05, 4.69) is 50.0 Å². The van der Waals surface area contributed by atoms with E-state index in [1.54, 1.807) is 34.8 Å². The van der Waals surface area contributed by atoms with Crippen LogP contribution in [0.2, 0.25) is 0 Å². The number of hydrogen-bond donors (Lipinski definition) is 1. The van der Waals surface area contributed by atoms with E-state index in [0.717, 1.165) is 14.7 Å². The minimum absolute atomic E-state index is 0.0724. The minimum atomic E-state index is -0.615. The van der Waals surface area contributed by atoms with Crippen molar-refractivity contribution in [1.82, 2.24) is 19.6 Å². The van der Waals surface area contributed by atoms with Crippen LogP contribution in [0.15, 0.2) is 42.6 Å². The Bertz CT molecular complexity index is 1580. The molecule has 2 heterocycles. The lowest BCUT2D eigenvalue weighted by molar-refractivity contribution is -0.00300. The second-order valence-corrected chi connectivity index (χ2v) is 13.7. The van der Waals surface area contributed by atoms with Crippen LogP contribution in [0.3, 0.4) is 0 Å². The lowest BCUT2D eigenvalue weighted by atomic mass is 10.0. The molecule has 1 saturated heterocycles. The fourth-order valence-corrected chi connectivity index (χ4v) is 5.82. The first-order chi connectivity index (χ1) is 21.7. The van der Waals surface area contributed by atoms with Crippen molar-refractivity contribution in [3.8, 4) is 5.75 Å². The molecule has 12 heteroatoms. The van der Waals surface area contributed by atoms with Gasteiger partial charge in [-0.05, 0) is 106 Å². The first-order valence-electron chi connectivity index (χ1n) is 15.4. The monoisotopic (exact) mass is 745 g/mol. The van der Waals surface area contributed by atoms with Crippen molar-refractivity contribution in [3.05, 3.63) is 74.0 Å². The molecule has 1 N–H and O–H groups in total. The standard InChI is InChI=1S/C34H44IN5O6/c1-9-39-13-12-30(37-39)36-31(41)25-18-26(32(42)44-8)28(16-22(25)3)45-29(24-11-10-21(2)27(35)17-24)20-38-14-15-40(23(4)19-38)33(43)46-34(5,6)7/h10-13,16-18,23,29H,9,14-15,19-20H2,1-8H3,(H,36,37,41)/t23-,29-/m1/s1. The summed E-state index contributed by atoms with van der Waals surface area (Å²) in [7, 11) is 1.30. The average molecular weight is 746 g/mol. The summed E-state index contributed by atoms with van der Waals surface area (Å²) in [5, 5.41) is 7.14. The molecule has 0 spiro atoms. The van der Waals surface area contributed by atoms with E-state index in [1.165, 1.54) is 13.2 Å². The molecule has 3 aromatic rings. The number of nitrogens with one attached hydrogen (secondary N) is 1. The number of methoxy groups -OCH3 is 1. The molecule has 1 aromatic heterocycles. The maximum atomic E-state index is 13.3. The van der Waals surface area contributed by atoms with E-state index in [1.807, 2.05) is 47.6 Å². The highest BCUT2D eigenvalue weighted by Gasteiger charge is 2.33. The van der Waals surface area contributed by atoms with Gasteiger partial charge in [0, 0.05) is 60.2 Å². The minimum Gasteiger partial charge on any atom is -0.483 e. The Morgan fingerprint density at radius 2 is 1.80 bits per heavy atom. The molecule has 248 valence electrons. The van der Waals surface area contributed by atoms with E-state index < -0.39 is 23.6 Å². The summed E-state index contributed by atoms with van der Waals surface area (Å²) in [5.74, 6) is -0.272. The molecule has 0 unspecified atom stereocenters. The fourth-order valence-electron chi connectivity index (χ4n) is 5.28. The molecule has 2 atom stereocenters. The molecule has 1 aliphatic heterocycles. The molecule has 1 fully saturated rings. The molecule has 0 bridgehead atoms. The number of aromatic nitrogens is 2. The first kappa shape index (κ1) is 35.2. The third-order valence-electron chi connectivity index (χ3n) is 7.78. The lowest BCUT2D eigenvalue weighted by Gasteiger charge is -2.41. The summed E-state index contributed by atoms with van der Waals surface area (Å²) in [4.78, 5) is 43.2. The SMILES string of the molecule is CCn1ccc(NC(=O)c2cc(C(=O)OC)c(O[C@H](CN3CCN(C(=O)OC(C)(C)C)[C@H](C)C3)c3ccc(C)c(I)c3)cc2C)n1. The molecule has 11 nitrogen and oxygen atoms in total. The Morgan fingerprint density at radius 3 is 2.41 bits per heavy atom. The van der Waals surface area contributed by atoms with E-state index in [4.69, 9.17) is 14.2 Å². The molecule has 46 heavy (non-hydrogen) atoms. The Labute approximate surface area is 284 Å². The summed E-state index contributed by atoms with van der Waals surface area (Å²) >= 11 is 2.31. The molecule has 4 rings (SSSR count). The maximum Gasteiger partial charge on any atom is 0.410 e. The van der Waals surface area contributed by atoms with Crippen LogP contribution >= 0.6 is 22.6 Å². The molecular formula is C34H44IN5O6. The number of anilines is 1. The van der Waals surface area contributed by atoms with Gasteiger partial charge < -0.3 is 24.4 Å². The summed E-state index contributed by atoms with van der Waals surface area (Å²) in [5.41, 5.74) is 2.61. The number of esters is 1. The fraction of sp³-hybridized carbons (Fsp3) is 0.471. The van der Waals surface area contributed by atoms with E-state index in [0.29, 0.717) is 55.4 Å². The first-order valence-corrected chi connectivity index (χ1v) is 16.5. The van der Waals surface area contributed by atoms with Crippen LogP contribution in [-0.4, -0.2) is 82.5 Å². The molecule has 0 saturated carbocycles. The van der Waals surface area contributed by atoms with Gasteiger partial charge in [0.15, 0.2) is 5.82 Å². The van der Waals surface area contributed by atoms with Crippen molar-refractivity contribution in [3.63, 3.8) is 0 Å². The molecule has 2 amide bonds. The van der Waals surface area contributed by atoms with Crippen LogP contribution < -0.4 is 10.1 Å². The van der Waals surface area contributed by atoms with Crippen molar-refractivity contribution in [2.24, 2.45) is 0 Å². The molecule has 1 aliphatic rings. The topological polar surface area (TPSA) is 115 Å². The van der Waals surface area contributed by atoms with Crippen molar-refractivity contribution in [1.29, 1.82) is 0 Å². The predicted molar refractivity (Wildman–Crippen MR) is 184 cm³/mol. The van der Waals surface area contributed by atoms with Crippen molar-refractivity contribution in [2.45, 2.75) is 72.8 Å². The van der Waals surface area contributed by atoms with Crippen LogP contribution in [0.25, 0.3) is 0 Å². The highest BCUT2D eigenvalue weighted by atomic mass is 127. The van der Waals surface area contributed by atoms with Crippen molar-refractivity contribution < 1.29 is 28.6 Å². The van der Waals surface area contributed by atoms with Crippen molar-refractivity contribution in [2.75, 3.05) is 38.6 Å². The quantitative estimate of drug-likeness (QED) is 0.203. The van der Waals surface area contributed by atoms with Crippen LogP contribution in [0, 0.1) is 17.4 Å². The molecular weight excluding hydrogens is 701 g/mol. The summed E-state index contributed by atoms with van der Waals surface area (Å²) in [6.45, 7) is 16.4. The van der Waals surface area contributed by atoms with Gasteiger partial charge in [0.1, 0.15) is 23.0 Å². The largest absolute Gasteiger partial charge is 0.483 e. The molecule has 0 aliphatic carbocycles. The second kappa shape index (κ2) is 14.8. The number of benzene rings is 2. The Hall–Kier alpha value is -3.65. The van der Waals surface area contributed by atoms with Crippen LogP contribution in [-0.2, 0) is 16.0 Å². The van der Waals surface area contributed by atoms with Gasteiger partial charge in [-0.1, -0.05) is 12.1 Å². The van der Waals surface area contributed by atoms with Gasteiger partial charge in [-0.3, -0.25) is 14.4 Å². The van der Waals surface area contributed by atoms with Gasteiger partial charge in [0.25, 0.3) is 5.91 Å². The highest BCUT2D eigenvalue weighted by molar-refractivity contribution is 14.1. The number of carbonyl (C=O) groups is 3. The Balaban J connectivity index is 1.62. The molecule has 2 aromatic carbocycles. The van der Waals surface area contributed by atoms with Crippen molar-refractivity contribution >= 4 is 46.4 Å². The third kappa shape index (κ3) is 8.78. The zero-order valence-corrected chi connectivity index (χ0v) is 30.0. The number of carbonyl (C=O) groups excluding carboxylic acids is 3. The summed E-state index contributed by atoms with van der Waals surface area (Å²) in [6, 6.07) is 11.0. The number of aryl methyl sites for hydroxylation is 3.